The number of hydrogen-bond donors (Lipinski definition) is 1. The summed E-state index contributed by atoms with van der Waals surface area (Å²) in [5, 5.41) is 3.16. The summed E-state index contributed by atoms with van der Waals surface area (Å²) < 4.78 is 47.9. The van der Waals surface area contributed by atoms with Crippen LogP contribution in [0.2, 0.25) is 0 Å². The van der Waals surface area contributed by atoms with E-state index in [4.69, 9.17) is 0 Å². The fourth-order valence-electron chi connectivity index (χ4n) is 2.03. The van der Waals surface area contributed by atoms with E-state index in [1.807, 2.05) is 0 Å². The fraction of sp³-hybridized carbons (Fsp3) is 1.00. The van der Waals surface area contributed by atoms with Crippen molar-refractivity contribution in [3.63, 3.8) is 0 Å². The zero-order chi connectivity index (χ0) is 12.2. The largest absolute Gasteiger partial charge is 0.391 e. The molecular formula is C10H18F3NOS. The van der Waals surface area contributed by atoms with Gasteiger partial charge in [-0.05, 0) is 25.7 Å². The Labute approximate surface area is 96.4 Å². The molecule has 1 N–H and O–H groups in total. The molecule has 0 aromatic heterocycles. The molecule has 1 saturated carbocycles. The Morgan fingerprint density at radius 1 is 1.25 bits per heavy atom. The Hall–Kier alpha value is -0.100. The molecule has 0 aromatic rings. The van der Waals surface area contributed by atoms with Gasteiger partial charge in [0.25, 0.3) is 0 Å². The minimum Gasteiger partial charge on any atom is -0.313 e. The fourth-order valence-corrected chi connectivity index (χ4v) is 2.44. The van der Waals surface area contributed by atoms with Gasteiger partial charge in [0.05, 0.1) is 5.92 Å². The molecule has 0 aromatic carbocycles. The Morgan fingerprint density at radius 2 is 1.81 bits per heavy atom. The van der Waals surface area contributed by atoms with Crippen LogP contribution in [0.1, 0.15) is 25.7 Å². The van der Waals surface area contributed by atoms with Gasteiger partial charge < -0.3 is 5.32 Å². The molecule has 1 aliphatic rings. The highest BCUT2D eigenvalue weighted by Crippen LogP contribution is 2.37. The molecule has 1 unspecified atom stereocenters. The van der Waals surface area contributed by atoms with Gasteiger partial charge in [-0.1, -0.05) is 0 Å². The normalized spacial score (nSPS) is 29.0. The van der Waals surface area contributed by atoms with Crippen molar-refractivity contribution in [2.45, 2.75) is 37.9 Å². The summed E-state index contributed by atoms with van der Waals surface area (Å²) in [7, 11) is -0.833. The second-order valence-corrected chi connectivity index (χ2v) is 5.88. The predicted molar refractivity (Wildman–Crippen MR) is 58.7 cm³/mol. The van der Waals surface area contributed by atoms with Crippen molar-refractivity contribution in [2.75, 3.05) is 18.6 Å². The molecule has 0 radical (unpaired) electrons. The lowest BCUT2D eigenvalue weighted by Crippen LogP contribution is -2.38. The van der Waals surface area contributed by atoms with Crippen LogP contribution in [-0.2, 0) is 10.8 Å². The summed E-state index contributed by atoms with van der Waals surface area (Å²) in [6, 6.07) is 0.169. The zero-order valence-corrected chi connectivity index (χ0v) is 10.2. The third-order valence-corrected chi connectivity index (χ3v) is 3.79. The smallest absolute Gasteiger partial charge is 0.313 e. The van der Waals surface area contributed by atoms with E-state index >= 15 is 0 Å². The molecule has 0 amide bonds. The van der Waals surface area contributed by atoms with Gasteiger partial charge in [-0.3, -0.25) is 4.21 Å². The topological polar surface area (TPSA) is 29.1 Å². The third kappa shape index (κ3) is 4.82. The van der Waals surface area contributed by atoms with Crippen molar-refractivity contribution in [2.24, 2.45) is 5.92 Å². The SMILES string of the molecule is CS(=O)CCNC1CCC(C(F)(F)F)CC1. The van der Waals surface area contributed by atoms with Gasteiger partial charge in [0.1, 0.15) is 0 Å². The minimum atomic E-state index is -4.03. The molecule has 0 bridgehead atoms. The molecule has 0 saturated heterocycles. The van der Waals surface area contributed by atoms with Crippen LogP contribution in [0.4, 0.5) is 13.2 Å². The van der Waals surface area contributed by atoms with Crippen molar-refractivity contribution in [3.05, 3.63) is 0 Å². The van der Waals surface area contributed by atoms with Crippen LogP contribution in [0.5, 0.6) is 0 Å². The maximum Gasteiger partial charge on any atom is 0.391 e. The summed E-state index contributed by atoms with van der Waals surface area (Å²) in [6.07, 6.45) is -0.827. The Morgan fingerprint density at radius 3 is 2.25 bits per heavy atom. The molecule has 1 rings (SSSR count). The lowest BCUT2D eigenvalue weighted by Gasteiger charge is -2.30. The first-order valence-electron chi connectivity index (χ1n) is 5.49. The van der Waals surface area contributed by atoms with E-state index in [0.29, 0.717) is 25.1 Å². The van der Waals surface area contributed by atoms with E-state index in [2.05, 4.69) is 5.32 Å². The molecule has 1 fully saturated rings. The minimum absolute atomic E-state index is 0.169. The van der Waals surface area contributed by atoms with E-state index in [1.54, 1.807) is 6.26 Å². The Kier molecular flexibility index (Phi) is 5.24. The standard InChI is InChI=1S/C10H18F3NOS/c1-16(15)7-6-14-9-4-2-8(3-5-9)10(11,12)13/h8-9,14H,2-7H2,1H3. The van der Waals surface area contributed by atoms with Crippen LogP contribution in [0.25, 0.3) is 0 Å². The van der Waals surface area contributed by atoms with Gasteiger partial charge in [-0.2, -0.15) is 13.2 Å². The van der Waals surface area contributed by atoms with E-state index in [-0.39, 0.29) is 18.9 Å². The first-order chi connectivity index (χ1) is 7.39. The second kappa shape index (κ2) is 6.00. The van der Waals surface area contributed by atoms with Gasteiger partial charge >= 0.3 is 6.18 Å². The average molecular weight is 257 g/mol. The monoisotopic (exact) mass is 257 g/mol. The van der Waals surface area contributed by atoms with Crippen molar-refractivity contribution in [3.8, 4) is 0 Å². The van der Waals surface area contributed by atoms with Crippen molar-refractivity contribution in [1.29, 1.82) is 0 Å². The van der Waals surface area contributed by atoms with E-state index in [9.17, 15) is 17.4 Å². The van der Waals surface area contributed by atoms with E-state index in [1.165, 1.54) is 0 Å². The highest BCUT2D eigenvalue weighted by atomic mass is 32.2. The number of nitrogens with one attached hydrogen (secondary N) is 1. The predicted octanol–water partition coefficient (Wildman–Crippen LogP) is 2.08. The highest BCUT2D eigenvalue weighted by Gasteiger charge is 2.41. The lowest BCUT2D eigenvalue weighted by molar-refractivity contribution is -0.182. The van der Waals surface area contributed by atoms with Crippen molar-refractivity contribution < 1.29 is 17.4 Å². The molecule has 16 heavy (non-hydrogen) atoms. The maximum absolute atomic E-state index is 12.4. The number of alkyl halides is 3. The lowest BCUT2D eigenvalue weighted by atomic mass is 9.85. The van der Waals surface area contributed by atoms with Crippen LogP contribution in [0, 0.1) is 5.92 Å². The molecule has 2 nitrogen and oxygen atoms in total. The number of halogens is 3. The number of hydrogen-bond acceptors (Lipinski definition) is 2. The quantitative estimate of drug-likeness (QED) is 0.835. The molecule has 6 heteroatoms. The average Bonchev–Trinajstić information content (AvgIpc) is 2.16. The third-order valence-electron chi connectivity index (χ3n) is 3.01. The van der Waals surface area contributed by atoms with Gasteiger partial charge in [0.2, 0.25) is 0 Å². The summed E-state index contributed by atoms with van der Waals surface area (Å²) in [5.41, 5.74) is 0. The van der Waals surface area contributed by atoms with Crippen LogP contribution in [0.15, 0.2) is 0 Å². The molecule has 1 atom stereocenters. The van der Waals surface area contributed by atoms with Gasteiger partial charge in [0.15, 0.2) is 0 Å². The molecule has 96 valence electrons. The van der Waals surface area contributed by atoms with Gasteiger partial charge in [-0.25, -0.2) is 0 Å². The zero-order valence-electron chi connectivity index (χ0n) is 9.35. The highest BCUT2D eigenvalue weighted by molar-refractivity contribution is 7.84. The second-order valence-electron chi connectivity index (χ2n) is 4.32. The van der Waals surface area contributed by atoms with Gasteiger partial charge in [-0.15, -0.1) is 0 Å². The number of rotatable bonds is 4. The molecule has 0 aliphatic heterocycles. The summed E-state index contributed by atoms with van der Waals surface area (Å²) in [6.45, 7) is 0.629. The van der Waals surface area contributed by atoms with Gasteiger partial charge in [0, 0.05) is 35.4 Å². The first-order valence-corrected chi connectivity index (χ1v) is 7.22. The molecule has 0 spiro atoms. The van der Waals surface area contributed by atoms with Crippen LogP contribution in [-0.4, -0.2) is 35.0 Å². The van der Waals surface area contributed by atoms with Crippen molar-refractivity contribution >= 4 is 10.8 Å². The van der Waals surface area contributed by atoms with Crippen LogP contribution >= 0.6 is 0 Å². The Balaban J connectivity index is 2.19. The molecule has 1 aliphatic carbocycles. The van der Waals surface area contributed by atoms with E-state index in [0.717, 1.165) is 0 Å². The van der Waals surface area contributed by atoms with Crippen LogP contribution in [0.3, 0.4) is 0 Å². The molecule has 0 heterocycles. The summed E-state index contributed by atoms with van der Waals surface area (Å²) in [5.74, 6) is -0.551. The summed E-state index contributed by atoms with van der Waals surface area (Å²) >= 11 is 0. The molecular weight excluding hydrogens is 239 g/mol. The Bertz CT molecular complexity index is 237. The van der Waals surface area contributed by atoms with Crippen LogP contribution < -0.4 is 5.32 Å². The van der Waals surface area contributed by atoms with E-state index < -0.39 is 22.9 Å². The summed E-state index contributed by atoms with van der Waals surface area (Å²) in [4.78, 5) is 0. The van der Waals surface area contributed by atoms with Crippen molar-refractivity contribution in [1.82, 2.24) is 5.32 Å². The first kappa shape index (κ1) is 14.0. The maximum atomic E-state index is 12.4.